The Morgan fingerprint density at radius 1 is 1.08 bits per heavy atom. The fourth-order valence-electron chi connectivity index (χ4n) is 3.46. The van der Waals surface area contributed by atoms with E-state index < -0.39 is 5.41 Å². The number of amides is 1. The fraction of sp³-hybridized carbons (Fsp3) is 0.316. The van der Waals surface area contributed by atoms with Gasteiger partial charge in [0.1, 0.15) is 11.2 Å². The number of alkyl halides is 1. The van der Waals surface area contributed by atoms with E-state index in [-0.39, 0.29) is 5.91 Å². The highest BCUT2D eigenvalue weighted by Gasteiger charge is 2.49. The maximum Gasteiger partial charge on any atom is 0.239 e. The molecule has 0 fully saturated rings. The summed E-state index contributed by atoms with van der Waals surface area (Å²) >= 11 is 18.7. The van der Waals surface area contributed by atoms with Crippen LogP contribution < -0.4 is 10.1 Å². The predicted molar refractivity (Wildman–Crippen MR) is 103 cm³/mol. The second kappa shape index (κ2) is 7.45. The summed E-state index contributed by atoms with van der Waals surface area (Å²) < 4.78 is 5.27. The van der Waals surface area contributed by atoms with E-state index in [4.69, 9.17) is 39.5 Å². The summed E-state index contributed by atoms with van der Waals surface area (Å²) in [5.74, 6) is 0.974. The minimum absolute atomic E-state index is 0.102. The Hall–Kier alpha value is -1.42. The Morgan fingerprint density at radius 3 is 2.52 bits per heavy atom. The van der Waals surface area contributed by atoms with Gasteiger partial charge in [0.15, 0.2) is 0 Å². The third-order valence-corrected chi connectivity index (χ3v) is 5.55. The van der Waals surface area contributed by atoms with Crippen LogP contribution in [0, 0.1) is 0 Å². The molecule has 1 heterocycles. The number of hydrogen-bond acceptors (Lipinski definition) is 2. The van der Waals surface area contributed by atoms with E-state index in [1.807, 2.05) is 18.2 Å². The molecule has 3 nitrogen and oxygen atoms in total. The molecule has 1 aliphatic heterocycles. The van der Waals surface area contributed by atoms with Crippen LogP contribution in [0.3, 0.4) is 0 Å². The van der Waals surface area contributed by atoms with E-state index in [1.165, 1.54) is 0 Å². The summed E-state index contributed by atoms with van der Waals surface area (Å²) in [6, 6.07) is 11.0. The Balaban J connectivity index is 2.21. The molecule has 0 bridgehead atoms. The molecular weight excluding hydrogens is 381 g/mol. The van der Waals surface area contributed by atoms with Crippen LogP contribution in [-0.4, -0.2) is 18.9 Å². The Bertz CT molecular complexity index is 809. The van der Waals surface area contributed by atoms with Crippen LogP contribution in [0.15, 0.2) is 36.4 Å². The van der Waals surface area contributed by atoms with Crippen molar-refractivity contribution in [3.05, 3.63) is 57.6 Å². The van der Waals surface area contributed by atoms with Crippen molar-refractivity contribution in [1.29, 1.82) is 0 Å². The second-order valence-corrected chi connectivity index (χ2v) is 7.21. The summed E-state index contributed by atoms with van der Waals surface area (Å²) in [6.45, 7) is 0. The second-order valence-electron chi connectivity index (χ2n) is 6.02. The van der Waals surface area contributed by atoms with Crippen molar-refractivity contribution in [2.45, 2.75) is 24.7 Å². The largest absolute Gasteiger partial charge is 0.495 e. The third kappa shape index (κ3) is 3.10. The number of carbonyl (C=O) groups is 1. The lowest BCUT2D eigenvalue weighted by Gasteiger charge is -2.29. The van der Waals surface area contributed by atoms with Gasteiger partial charge in [0.2, 0.25) is 5.91 Å². The normalized spacial score (nSPS) is 18.8. The number of rotatable bonds is 6. The van der Waals surface area contributed by atoms with Crippen molar-refractivity contribution in [3.8, 4) is 5.75 Å². The maximum absolute atomic E-state index is 13.1. The number of benzene rings is 2. The van der Waals surface area contributed by atoms with Crippen LogP contribution in [0.25, 0.3) is 0 Å². The lowest BCUT2D eigenvalue weighted by molar-refractivity contribution is -0.119. The number of anilines is 1. The molecule has 1 N–H and O–H groups in total. The van der Waals surface area contributed by atoms with Crippen LogP contribution in [0.2, 0.25) is 10.0 Å². The highest BCUT2D eigenvalue weighted by molar-refractivity contribution is 6.33. The van der Waals surface area contributed by atoms with Crippen LogP contribution in [0.1, 0.15) is 30.4 Å². The van der Waals surface area contributed by atoms with Crippen molar-refractivity contribution in [1.82, 2.24) is 0 Å². The standard InChI is InChI=1S/C19H18Cl3NO2/c1-25-17-11-16-13(10-15(17)22)19(18(24)23-16,8-4-5-9-20)12-6-2-3-7-14(12)21/h2-3,6-7,10-11H,4-5,8-9H2,1H3,(H,23,24). The molecule has 132 valence electrons. The first-order valence-electron chi connectivity index (χ1n) is 8.05. The van der Waals surface area contributed by atoms with Gasteiger partial charge in [-0.2, -0.15) is 0 Å². The van der Waals surface area contributed by atoms with Gasteiger partial charge in [0.25, 0.3) is 0 Å². The van der Waals surface area contributed by atoms with Crippen molar-refractivity contribution in [2.75, 3.05) is 18.3 Å². The molecule has 3 rings (SSSR count). The van der Waals surface area contributed by atoms with Gasteiger partial charge >= 0.3 is 0 Å². The van der Waals surface area contributed by atoms with E-state index in [9.17, 15) is 4.79 Å². The molecule has 1 aliphatic rings. The Labute approximate surface area is 162 Å². The molecule has 2 aromatic rings. The summed E-state index contributed by atoms with van der Waals surface area (Å²) in [6.07, 6.45) is 2.22. The first-order chi connectivity index (χ1) is 12.0. The number of carbonyl (C=O) groups excluding carboxylic acids is 1. The van der Waals surface area contributed by atoms with Crippen molar-refractivity contribution in [3.63, 3.8) is 0 Å². The summed E-state index contributed by atoms with van der Waals surface area (Å²) in [7, 11) is 1.55. The van der Waals surface area contributed by atoms with Crippen molar-refractivity contribution < 1.29 is 9.53 Å². The zero-order chi connectivity index (χ0) is 18.0. The van der Waals surface area contributed by atoms with E-state index in [1.54, 1.807) is 25.3 Å². The number of nitrogens with one attached hydrogen (secondary N) is 1. The molecule has 1 amide bonds. The first kappa shape index (κ1) is 18.4. The molecule has 0 radical (unpaired) electrons. The Kier molecular flexibility index (Phi) is 5.47. The molecular formula is C19H18Cl3NO2. The van der Waals surface area contributed by atoms with Gasteiger partial charge in [-0.25, -0.2) is 0 Å². The van der Waals surface area contributed by atoms with Gasteiger partial charge in [-0.3, -0.25) is 4.79 Å². The SMILES string of the molecule is COc1cc2c(cc1Cl)C(CCCCCl)(c1ccccc1Cl)C(=O)N2. The number of ether oxygens (including phenoxy) is 1. The van der Waals surface area contributed by atoms with Crippen molar-refractivity contribution >= 4 is 46.4 Å². The maximum atomic E-state index is 13.1. The molecule has 2 aromatic carbocycles. The first-order valence-corrected chi connectivity index (χ1v) is 9.34. The predicted octanol–water partition coefficient (Wildman–Crippen LogP) is 5.65. The number of fused-ring (bicyclic) bond motifs is 1. The number of halogens is 3. The van der Waals surface area contributed by atoms with E-state index >= 15 is 0 Å². The highest BCUT2D eigenvalue weighted by Crippen LogP contribution is 2.50. The minimum Gasteiger partial charge on any atom is -0.495 e. The summed E-state index contributed by atoms with van der Waals surface area (Å²) in [5.41, 5.74) is 1.43. The van der Waals surface area contributed by atoms with Crippen LogP contribution in [0.5, 0.6) is 5.75 Å². The third-order valence-electron chi connectivity index (χ3n) is 4.66. The zero-order valence-electron chi connectivity index (χ0n) is 13.7. The Morgan fingerprint density at radius 2 is 1.84 bits per heavy atom. The summed E-state index contributed by atoms with van der Waals surface area (Å²) in [5, 5.41) is 4.00. The summed E-state index contributed by atoms with van der Waals surface area (Å²) in [4.78, 5) is 13.1. The molecule has 0 spiro atoms. The van der Waals surface area contributed by atoms with Gasteiger partial charge in [0, 0.05) is 22.7 Å². The smallest absolute Gasteiger partial charge is 0.239 e. The van der Waals surface area contributed by atoms with Crippen LogP contribution >= 0.6 is 34.8 Å². The molecule has 0 aromatic heterocycles. The molecule has 1 atom stereocenters. The lowest BCUT2D eigenvalue weighted by Crippen LogP contribution is -2.36. The topological polar surface area (TPSA) is 38.3 Å². The average molecular weight is 399 g/mol. The molecule has 25 heavy (non-hydrogen) atoms. The monoisotopic (exact) mass is 397 g/mol. The molecule has 6 heteroatoms. The van der Waals surface area contributed by atoms with Gasteiger partial charge in [-0.1, -0.05) is 47.8 Å². The lowest BCUT2D eigenvalue weighted by atomic mass is 9.72. The number of methoxy groups -OCH3 is 1. The van der Waals surface area contributed by atoms with E-state index in [2.05, 4.69) is 5.32 Å². The minimum atomic E-state index is -0.879. The molecule has 0 saturated carbocycles. The zero-order valence-corrected chi connectivity index (χ0v) is 16.0. The fourth-order valence-corrected chi connectivity index (χ4v) is 4.19. The number of hydrogen-bond donors (Lipinski definition) is 1. The van der Waals surface area contributed by atoms with E-state index in [0.717, 1.165) is 24.0 Å². The molecule has 1 unspecified atom stereocenters. The quantitative estimate of drug-likeness (QED) is 0.504. The van der Waals surface area contributed by atoms with Gasteiger partial charge < -0.3 is 10.1 Å². The average Bonchev–Trinajstić information content (AvgIpc) is 2.87. The molecule has 0 aliphatic carbocycles. The van der Waals surface area contributed by atoms with Crippen molar-refractivity contribution in [2.24, 2.45) is 0 Å². The number of unbranched alkanes of at least 4 members (excludes halogenated alkanes) is 1. The van der Waals surface area contributed by atoms with E-state index in [0.29, 0.717) is 33.8 Å². The molecule has 0 saturated heterocycles. The highest BCUT2D eigenvalue weighted by atomic mass is 35.5. The van der Waals surface area contributed by atoms with Gasteiger partial charge in [0.05, 0.1) is 12.1 Å². The van der Waals surface area contributed by atoms with Gasteiger partial charge in [-0.05, 0) is 36.1 Å². The van der Waals surface area contributed by atoms with Gasteiger partial charge in [-0.15, -0.1) is 11.6 Å². The van der Waals surface area contributed by atoms with Crippen LogP contribution in [0.4, 0.5) is 5.69 Å². The van der Waals surface area contributed by atoms with Crippen LogP contribution in [-0.2, 0) is 10.2 Å².